The van der Waals surface area contributed by atoms with Gasteiger partial charge in [-0.25, -0.2) is 0 Å². The molecule has 1 N–H and O–H groups in total. The second-order valence-electron chi connectivity index (χ2n) is 6.74. The molecule has 1 aromatic carbocycles. The zero-order valence-electron chi connectivity index (χ0n) is 15.1. The van der Waals surface area contributed by atoms with Gasteiger partial charge in [-0.2, -0.15) is 8.78 Å². The maximum Gasteiger partial charge on any atom is 0.387 e. The third-order valence-corrected chi connectivity index (χ3v) is 5.03. The Balaban J connectivity index is 1.62. The van der Waals surface area contributed by atoms with Crippen LogP contribution in [0, 0.1) is 5.41 Å². The second-order valence-corrected chi connectivity index (χ2v) is 6.74. The average molecular weight is 369 g/mol. The Morgan fingerprint density at radius 3 is 2.88 bits per heavy atom. The highest BCUT2D eigenvalue weighted by Gasteiger charge is 2.42. The summed E-state index contributed by atoms with van der Waals surface area (Å²) < 4.78 is 40.3. The summed E-state index contributed by atoms with van der Waals surface area (Å²) in [5.41, 5.74) is 1.05. The first-order chi connectivity index (χ1) is 12.5. The van der Waals surface area contributed by atoms with Gasteiger partial charge in [-0.1, -0.05) is 6.07 Å². The van der Waals surface area contributed by atoms with Gasteiger partial charge in [0.05, 0.1) is 13.7 Å². The van der Waals surface area contributed by atoms with Gasteiger partial charge in [-0.3, -0.25) is 4.99 Å². The fraction of sp³-hybridized carbons (Fsp3) is 0.611. The molecular formula is C18H25F2N3O3. The molecule has 0 aromatic heterocycles. The Hall–Kier alpha value is -2.09. The summed E-state index contributed by atoms with van der Waals surface area (Å²) in [6.07, 6.45) is 2.19. The number of nitrogens with zero attached hydrogens (tertiary/aromatic N) is 2. The van der Waals surface area contributed by atoms with Gasteiger partial charge in [0.2, 0.25) is 0 Å². The molecule has 0 radical (unpaired) electrons. The molecule has 2 aliphatic rings. The number of alkyl halides is 2. The minimum atomic E-state index is -2.89. The van der Waals surface area contributed by atoms with Crippen molar-refractivity contribution in [1.82, 2.24) is 10.2 Å². The Bertz CT molecular complexity index is 649. The molecule has 0 aliphatic carbocycles. The predicted octanol–water partition coefficient (Wildman–Crippen LogP) is 2.48. The quantitative estimate of drug-likeness (QED) is 0.638. The molecule has 0 amide bonds. The lowest BCUT2D eigenvalue weighted by molar-refractivity contribution is -0.0512. The van der Waals surface area contributed by atoms with Crippen LogP contribution in [0.2, 0.25) is 0 Å². The number of halogens is 2. The molecule has 6 nitrogen and oxygen atoms in total. The lowest BCUT2D eigenvalue weighted by Gasteiger charge is -2.25. The SMILES string of the molecule is CN=C(NCc1ccc(OC)c(OC(F)F)c1)N1CCC2(CCOC2)C1. The summed E-state index contributed by atoms with van der Waals surface area (Å²) in [5.74, 6) is 1.11. The molecule has 2 saturated heterocycles. The van der Waals surface area contributed by atoms with Crippen LogP contribution < -0.4 is 14.8 Å². The van der Waals surface area contributed by atoms with Crippen LogP contribution in [0.15, 0.2) is 23.2 Å². The van der Waals surface area contributed by atoms with E-state index in [0.29, 0.717) is 6.54 Å². The number of aliphatic imine (C=N–C) groups is 1. The highest BCUT2D eigenvalue weighted by atomic mass is 19.3. The Morgan fingerprint density at radius 2 is 2.23 bits per heavy atom. The molecule has 1 spiro atoms. The number of likely N-dealkylation sites (tertiary alicyclic amines) is 1. The smallest absolute Gasteiger partial charge is 0.387 e. The first kappa shape index (κ1) is 18.7. The highest BCUT2D eigenvalue weighted by Crippen LogP contribution is 2.38. The monoisotopic (exact) mass is 369 g/mol. The standard InChI is InChI=1S/C18H25F2N3O3/c1-21-17(23-7-5-18(11-23)6-8-25-12-18)22-10-13-3-4-14(24-2)15(9-13)26-16(19)20/h3-4,9,16H,5-8,10-12H2,1-2H3,(H,21,22). The Kier molecular flexibility index (Phi) is 5.80. The summed E-state index contributed by atoms with van der Waals surface area (Å²) in [5, 5.41) is 3.30. The van der Waals surface area contributed by atoms with E-state index in [9.17, 15) is 8.78 Å². The molecule has 3 rings (SSSR count). The van der Waals surface area contributed by atoms with Gasteiger partial charge in [-0.15, -0.1) is 0 Å². The largest absolute Gasteiger partial charge is 0.493 e. The van der Waals surface area contributed by atoms with Crippen molar-refractivity contribution in [1.29, 1.82) is 0 Å². The van der Waals surface area contributed by atoms with Gasteiger partial charge in [0.25, 0.3) is 0 Å². The summed E-state index contributed by atoms with van der Waals surface area (Å²) in [7, 11) is 3.17. The van der Waals surface area contributed by atoms with Crippen LogP contribution in [0.1, 0.15) is 18.4 Å². The van der Waals surface area contributed by atoms with E-state index in [-0.39, 0.29) is 16.9 Å². The third-order valence-electron chi connectivity index (χ3n) is 5.03. The lowest BCUT2D eigenvalue weighted by atomic mass is 9.87. The van der Waals surface area contributed by atoms with Gasteiger partial charge in [0.15, 0.2) is 17.5 Å². The predicted molar refractivity (Wildman–Crippen MR) is 93.9 cm³/mol. The van der Waals surface area contributed by atoms with Gasteiger partial charge in [-0.05, 0) is 30.5 Å². The fourth-order valence-electron chi connectivity index (χ4n) is 3.62. The molecular weight excluding hydrogens is 344 g/mol. The van der Waals surface area contributed by atoms with Gasteiger partial charge < -0.3 is 24.4 Å². The molecule has 2 fully saturated rings. The Labute approximate surface area is 152 Å². The van der Waals surface area contributed by atoms with Crippen molar-refractivity contribution in [2.45, 2.75) is 26.0 Å². The number of hydrogen-bond donors (Lipinski definition) is 1. The number of rotatable bonds is 5. The topological polar surface area (TPSA) is 55.3 Å². The van der Waals surface area contributed by atoms with Crippen molar-refractivity contribution in [3.8, 4) is 11.5 Å². The van der Waals surface area contributed by atoms with Crippen LogP contribution >= 0.6 is 0 Å². The minimum Gasteiger partial charge on any atom is -0.493 e. The van der Waals surface area contributed by atoms with E-state index in [1.165, 1.54) is 7.11 Å². The number of ether oxygens (including phenoxy) is 3. The first-order valence-electron chi connectivity index (χ1n) is 8.70. The maximum absolute atomic E-state index is 12.6. The summed E-state index contributed by atoms with van der Waals surface area (Å²) >= 11 is 0. The molecule has 8 heteroatoms. The van der Waals surface area contributed by atoms with E-state index < -0.39 is 6.61 Å². The average Bonchev–Trinajstić information content (AvgIpc) is 3.25. The maximum atomic E-state index is 12.6. The molecule has 0 saturated carbocycles. The molecule has 1 unspecified atom stereocenters. The molecule has 0 bridgehead atoms. The molecule has 1 atom stereocenters. The van der Waals surface area contributed by atoms with Crippen LogP contribution in [0.4, 0.5) is 8.78 Å². The molecule has 2 heterocycles. The van der Waals surface area contributed by atoms with Crippen molar-refractivity contribution in [3.63, 3.8) is 0 Å². The van der Waals surface area contributed by atoms with Crippen LogP contribution in [0.3, 0.4) is 0 Å². The normalized spacial score (nSPS) is 23.1. The zero-order chi connectivity index (χ0) is 18.6. The van der Waals surface area contributed by atoms with Gasteiger partial charge in [0, 0.05) is 38.7 Å². The fourth-order valence-corrected chi connectivity index (χ4v) is 3.62. The van der Waals surface area contributed by atoms with Crippen LogP contribution in [0.5, 0.6) is 11.5 Å². The number of methoxy groups -OCH3 is 1. The van der Waals surface area contributed by atoms with Gasteiger partial charge >= 0.3 is 6.61 Å². The lowest BCUT2D eigenvalue weighted by Crippen LogP contribution is -2.41. The van der Waals surface area contributed by atoms with E-state index in [0.717, 1.165) is 50.7 Å². The second kappa shape index (κ2) is 8.07. The van der Waals surface area contributed by atoms with Crippen molar-refractivity contribution in [2.24, 2.45) is 10.4 Å². The number of nitrogens with one attached hydrogen (secondary N) is 1. The highest BCUT2D eigenvalue weighted by molar-refractivity contribution is 5.80. The molecule has 144 valence electrons. The summed E-state index contributed by atoms with van der Waals surface area (Å²) in [6, 6.07) is 4.99. The van der Waals surface area contributed by atoms with Crippen LogP contribution in [-0.4, -0.2) is 57.9 Å². The number of benzene rings is 1. The van der Waals surface area contributed by atoms with E-state index in [1.54, 1.807) is 19.2 Å². The van der Waals surface area contributed by atoms with Crippen molar-refractivity contribution >= 4 is 5.96 Å². The molecule has 1 aromatic rings. The first-order valence-corrected chi connectivity index (χ1v) is 8.70. The summed E-state index contributed by atoms with van der Waals surface area (Å²) in [6.45, 7) is 1.07. The van der Waals surface area contributed by atoms with Crippen molar-refractivity contribution in [2.75, 3.05) is 40.5 Å². The van der Waals surface area contributed by atoms with Gasteiger partial charge in [0.1, 0.15) is 0 Å². The van der Waals surface area contributed by atoms with E-state index in [1.807, 2.05) is 6.07 Å². The minimum absolute atomic E-state index is 0.0278. The number of hydrogen-bond acceptors (Lipinski definition) is 4. The third kappa shape index (κ3) is 4.17. The van der Waals surface area contributed by atoms with Crippen LogP contribution in [0.25, 0.3) is 0 Å². The summed E-state index contributed by atoms with van der Waals surface area (Å²) in [4.78, 5) is 6.59. The number of guanidine groups is 1. The van der Waals surface area contributed by atoms with Crippen molar-refractivity contribution < 1.29 is 23.0 Å². The molecule has 2 aliphatic heterocycles. The van der Waals surface area contributed by atoms with E-state index >= 15 is 0 Å². The van der Waals surface area contributed by atoms with Crippen molar-refractivity contribution in [3.05, 3.63) is 23.8 Å². The van der Waals surface area contributed by atoms with E-state index in [2.05, 4.69) is 19.9 Å². The Morgan fingerprint density at radius 1 is 1.38 bits per heavy atom. The molecule has 26 heavy (non-hydrogen) atoms. The van der Waals surface area contributed by atoms with Crippen LogP contribution in [-0.2, 0) is 11.3 Å². The zero-order valence-corrected chi connectivity index (χ0v) is 15.1. The van der Waals surface area contributed by atoms with E-state index in [4.69, 9.17) is 9.47 Å².